The van der Waals surface area contributed by atoms with Crippen LogP contribution in [0.1, 0.15) is 37.7 Å². The molecule has 0 bridgehead atoms. The maximum atomic E-state index is 11.6. The largest absolute Gasteiger partial charge is 0.349 e. The Morgan fingerprint density at radius 3 is 2.57 bits per heavy atom. The van der Waals surface area contributed by atoms with E-state index < -0.39 is 0 Å². The standard InChI is InChI=1S/C19H21N3O/c1-3-19(23)20-13-18-21-16-11-7-8-12-17(16)22(18)14(2)15-9-5-4-6-10-15/h4-12,14H,3,13H2,1-2H3,(H,20,23)/t14-/m1/s1. The van der Waals surface area contributed by atoms with Crippen LogP contribution in [0.2, 0.25) is 0 Å². The Morgan fingerprint density at radius 2 is 1.83 bits per heavy atom. The summed E-state index contributed by atoms with van der Waals surface area (Å²) in [7, 11) is 0. The van der Waals surface area contributed by atoms with Gasteiger partial charge in [-0.25, -0.2) is 4.98 Å². The van der Waals surface area contributed by atoms with E-state index in [0.717, 1.165) is 16.9 Å². The van der Waals surface area contributed by atoms with Crippen LogP contribution in [-0.2, 0) is 11.3 Å². The van der Waals surface area contributed by atoms with Gasteiger partial charge in [-0.05, 0) is 24.6 Å². The quantitative estimate of drug-likeness (QED) is 0.781. The van der Waals surface area contributed by atoms with Crippen LogP contribution in [0.25, 0.3) is 11.0 Å². The summed E-state index contributed by atoms with van der Waals surface area (Å²) in [4.78, 5) is 16.3. The Bertz CT molecular complexity index is 808. The molecule has 0 radical (unpaired) electrons. The van der Waals surface area contributed by atoms with Gasteiger partial charge < -0.3 is 9.88 Å². The van der Waals surface area contributed by atoms with Crippen LogP contribution < -0.4 is 5.32 Å². The topological polar surface area (TPSA) is 46.9 Å². The van der Waals surface area contributed by atoms with Gasteiger partial charge in [0, 0.05) is 6.42 Å². The number of para-hydroxylation sites is 2. The lowest BCUT2D eigenvalue weighted by molar-refractivity contribution is -0.120. The van der Waals surface area contributed by atoms with E-state index in [2.05, 4.69) is 35.0 Å². The van der Waals surface area contributed by atoms with Crippen molar-refractivity contribution in [2.24, 2.45) is 0 Å². The number of imidazole rings is 1. The van der Waals surface area contributed by atoms with Gasteiger partial charge in [0.2, 0.25) is 5.91 Å². The first-order valence-corrected chi connectivity index (χ1v) is 7.98. The van der Waals surface area contributed by atoms with E-state index in [1.54, 1.807) is 0 Å². The van der Waals surface area contributed by atoms with Crippen LogP contribution in [0, 0.1) is 0 Å². The highest BCUT2D eigenvalue weighted by molar-refractivity contribution is 5.77. The zero-order valence-electron chi connectivity index (χ0n) is 13.5. The number of fused-ring (bicyclic) bond motifs is 1. The van der Waals surface area contributed by atoms with Crippen molar-refractivity contribution in [3.63, 3.8) is 0 Å². The Balaban J connectivity index is 2.04. The minimum Gasteiger partial charge on any atom is -0.349 e. The van der Waals surface area contributed by atoms with Crippen molar-refractivity contribution in [1.82, 2.24) is 14.9 Å². The molecule has 0 aliphatic heterocycles. The van der Waals surface area contributed by atoms with Crippen molar-refractivity contribution >= 4 is 16.9 Å². The van der Waals surface area contributed by atoms with Gasteiger partial charge in [-0.1, -0.05) is 49.4 Å². The van der Waals surface area contributed by atoms with Gasteiger partial charge in [0.1, 0.15) is 5.82 Å². The average Bonchev–Trinajstić information content (AvgIpc) is 2.98. The number of hydrogen-bond donors (Lipinski definition) is 1. The lowest BCUT2D eigenvalue weighted by Gasteiger charge is -2.18. The molecule has 3 rings (SSSR count). The molecule has 0 saturated heterocycles. The number of carbonyl (C=O) groups excluding carboxylic acids is 1. The van der Waals surface area contributed by atoms with E-state index in [-0.39, 0.29) is 11.9 Å². The molecule has 0 spiro atoms. The molecule has 1 aromatic heterocycles. The Hall–Kier alpha value is -2.62. The van der Waals surface area contributed by atoms with Crippen LogP contribution in [0.4, 0.5) is 0 Å². The van der Waals surface area contributed by atoms with E-state index in [4.69, 9.17) is 4.98 Å². The molecule has 0 unspecified atom stereocenters. The van der Waals surface area contributed by atoms with Gasteiger partial charge >= 0.3 is 0 Å². The fourth-order valence-electron chi connectivity index (χ4n) is 2.83. The molecule has 118 valence electrons. The molecule has 1 atom stereocenters. The third-order valence-electron chi connectivity index (χ3n) is 4.10. The molecule has 3 aromatic rings. The number of hydrogen-bond acceptors (Lipinski definition) is 2. The van der Waals surface area contributed by atoms with Crippen LogP contribution >= 0.6 is 0 Å². The number of rotatable bonds is 5. The molecule has 0 aliphatic carbocycles. The van der Waals surface area contributed by atoms with E-state index in [1.165, 1.54) is 5.56 Å². The third-order valence-corrected chi connectivity index (χ3v) is 4.10. The minimum atomic E-state index is 0.0379. The third kappa shape index (κ3) is 3.11. The van der Waals surface area contributed by atoms with Crippen molar-refractivity contribution in [2.45, 2.75) is 32.9 Å². The molecule has 1 N–H and O–H groups in total. The molecular weight excluding hydrogens is 286 g/mol. The molecule has 1 amide bonds. The summed E-state index contributed by atoms with van der Waals surface area (Å²) in [6.45, 7) is 4.46. The first-order chi connectivity index (χ1) is 11.2. The Morgan fingerprint density at radius 1 is 1.13 bits per heavy atom. The number of benzene rings is 2. The second-order valence-corrected chi connectivity index (χ2v) is 5.60. The molecule has 4 heteroatoms. The van der Waals surface area contributed by atoms with Gasteiger partial charge in [0.25, 0.3) is 0 Å². The van der Waals surface area contributed by atoms with Crippen molar-refractivity contribution in [3.05, 3.63) is 66.0 Å². The van der Waals surface area contributed by atoms with Crippen molar-refractivity contribution in [3.8, 4) is 0 Å². The molecular formula is C19H21N3O. The maximum Gasteiger partial charge on any atom is 0.220 e. The van der Waals surface area contributed by atoms with Gasteiger partial charge in [0.15, 0.2) is 0 Å². The van der Waals surface area contributed by atoms with E-state index in [0.29, 0.717) is 13.0 Å². The predicted molar refractivity (Wildman–Crippen MR) is 92.1 cm³/mol. The number of aromatic nitrogens is 2. The van der Waals surface area contributed by atoms with Crippen LogP contribution in [0.3, 0.4) is 0 Å². The van der Waals surface area contributed by atoms with Gasteiger partial charge in [-0.2, -0.15) is 0 Å². The lowest BCUT2D eigenvalue weighted by Crippen LogP contribution is -2.24. The molecule has 0 aliphatic rings. The number of nitrogens with one attached hydrogen (secondary N) is 1. The first-order valence-electron chi connectivity index (χ1n) is 7.98. The second kappa shape index (κ2) is 6.65. The smallest absolute Gasteiger partial charge is 0.220 e. The summed E-state index contributed by atoms with van der Waals surface area (Å²) in [6.07, 6.45) is 0.481. The Labute approximate surface area is 136 Å². The molecule has 1 heterocycles. The zero-order chi connectivity index (χ0) is 16.2. The fourth-order valence-corrected chi connectivity index (χ4v) is 2.83. The maximum absolute atomic E-state index is 11.6. The summed E-state index contributed by atoms with van der Waals surface area (Å²) >= 11 is 0. The van der Waals surface area contributed by atoms with Gasteiger partial charge in [0.05, 0.1) is 23.6 Å². The van der Waals surface area contributed by atoms with E-state index in [9.17, 15) is 4.79 Å². The fraction of sp³-hybridized carbons (Fsp3) is 0.263. The van der Waals surface area contributed by atoms with Crippen molar-refractivity contribution in [2.75, 3.05) is 0 Å². The second-order valence-electron chi connectivity index (χ2n) is 5.60. The average molecular weight is 307 g/mol. The first kappa shape index (κ1) is 15.3. The highest BCUT2D eigenvalue weighted by Gasteiger charge is 2.17. The Kier molecular flexibility index (Phi) is 4.42. The number of nitrogens with zero attached hydrogens (tertiary/aromatic N) is 2. The van der Waals surface area contributed by atoms with Crippen molar-refractivity contribution in [1.29, 1.82) is 0 Å². The lowest BCUT2D eigenvalue weighted by atomic mass is 10.1. The zero-order valence-corrected chi connectivity index (χ0v) is 13.5. The number of amides is 1. The summed E-state index contributed by atoms with van der Waals surface area (Å²) in [5.41, 5.74) is 3.26. The molecule has 0 fully saturated rings. The molecule has 4 nitrogen and oxygen atoms in total. The molecule has 2 aromatic carbocycles. The van der Waals surface area contributed by atoms with Crippen LogP contribution in [-0.4, -0.2) is 15.5 Å². The monoisotopic (exact) mass is 307 g/mol. The van der Waals surface area contributed by atoms with Gasteiger partial charge in [-0.15, -0.1) is 0 Å². The van der Waals surface area contributed by atoms with Crippen molar-refractivity contribution < 1.29 is 4.79 Å². The molecule has 23 heavy (non-hydrogen) atoms. The SMILES string of the molecule is CCC(=O)NCc1nc2ccccc2n1[C@H](C)c1ccccc1. The summed E-state index contributed by atoms with van der Waals surface area (Å²) in [5.74, 6) is 0.917. The molecule has 0 saturated carbocycles. The number of carbonyl (C=O) groups is 1. The highest BCUT2D eigenvalue weighted by Crippen LogP contribution is 2.25. The predicted octanol–water partition coefficient (Wildman–Crippen LogP) is 3.67. The van der Waals surface area contributed by atoms with Crippen LogP contribution in [0.15, 0.2) is 54.6 Å². The summed E-state index contributed by atoms with van der Waals surface area (Å²) in [6, 6.07) is 18.6. The van der Waals surface area contributed by atoms with E-state index in [1.807, 2.05) is 43.3 Å². The van der Waals surface area contributed by atoms with Crippen LogP contribution in [0.5, 0.6) is 0 Å². The normalized spacial score (nSPS) is 12.3. The summed E-state index contributed by atoms with van der Waals surface area (Å²) in [5, 5.41) is 2.93. The van der Waals surface area contributed by atoms with E-state index >= 15 is 0 Å². The van der Waals surface area contributed by atoms with Gasteiger partial charge in [-0.3, -0.25) is 4.79 Å². The highest BCUT2D eigenvalue weighted by atomic mass is 16.1. The summed E-state index contributed by atoms with van der Waals surface area (Å²) < 4.78 is 2.21. The minimum absolute atomic E-state index is 0.0379.